The van der Waals surface area contributed by atoms with Gasteiger partial charge in [-0.25, -0.2) is 29.9 Å². The van der Waals surface area contributed by atoms with Gasteiger partial charge in [-0.2, -0.15) is 15.0 Å². The Morgan fingerprint density at radius 1 is 0.842 bits per heavy atom. The van der Waals surface area contributed by atoms with Gasteiger partial charge in [0.05, 0.1) is 18.1 Å². The Kier molecular flexibility index (Phi) is 5.15. The van der Waals surface area contributed by atoms with E-state index in [1.807, 2.05) is 5.38 Å². The lowest BCUT2D eigenvalue weighted by Gasteiger charge is -2.43. The molecule has 1 fully saturated rings. The van der Waals surface area contributed by atoms with E-state index in [2.05, 4.69) is 29.9 Å². The fourth-order valence-electron chi connectivity index (χ4n) is 4.97. The number of aromatic nitrogens is 11. The number of aromatic amines is 1. The molecule has 1 saturated heterocycles. The summed E-state index contributed by atoms with van der Waals surface area (Å²) in [6.45, 7) is 0. The fourth-order valence-corrected chi connectivity index (χ4v) is 5.86. The average Bonchev–Trinajstić information content (AvgIpc) is 3.81. The molecule has 0 spiro atoms. The quantitative estimate of drug-likeness (QED) is 0.336. The van der Waals surface area contributed by atoms with Crippen molar-refractivity contribution in [3.63, 3.8) is 0 Å². The van der Waals surface area contributed by atoms with E-state index in [0.29, 0.717) is 22.4 Å². The lowest BCUT2D eigenvalue weighted by molar-refractivity contribution is 0.0409. The smallest absolute Gasteiger partial charge is 0.254 e. The van der Waals surface area contributed by atoms with E-state index in [1.165, 1.54) is 41.5 Å². The molecule has 7 rings (SSSR count). The van der Waals surface area contributed by atoms with Gasteiger partial charge in [-0.05, 0) is 6.07 Å². The number of imidazole rings is 1. The van der Waals surface area contributed by atoms with E-state index >= 15 is 0 Å². The van der Waals surface area contributed by atoms with Gasteiger partial charge in [0.1, 0.15) is 35.6 Å². The molecule has 38 heavy (non-hydrogen) atoms. The average molecular weight is 525 g/mol. The van der Waals surface area contributed by atoms with Crippen LogP contribution in [0.2, 0.25) is 0 Å². The fraction of sp³-hybridized carbons (Fsp3) is 0.130. The highest BCUT2D eigenvalue weighted by atomic mass is 32.1. The topological polar surface area (TPSA) is 170 Å². The van der Waals surface area contributed by atoms with Crippen molar-refractivity contribution in [3.05, 3.63) is 114 Å². The van der Waals surface area contributed by atoms with Crippen LogP contribution in [0.15, 0.2) is 90.6 Å². The van der Waals surface area contributed by atoms with E-state index in [0.717, 1.165) is 0 Å². The molecule has 6 aromatic rings. The summed E-state index contributed by atoms with van der Waals surface area (Å²) >= 11 is 1.39. The standard InChI is InChI=1S/C23H16N12O2S/c1-2-28-18(29-3-1)22(19-30-6-7-31-19)16(17-27-8-10-36-17)37-35(21-33-13-25-14-34-21)23(22,20-32-9-11-38-20)15-12-24-4-5-26-15/h1-14,16H,(H,30,31). The molecule has 0 bridgehead atoms. The van der Waals surface area contributed by atoms with Crippen molar-refractivity contribution in [3.8, 4) is 0 Å². The summed E-state index contributed by atoms with van der Waals surface area (Å²) in [6.07, 6.45) is 17.9. The van der Waals surface area contributed by atoms with E-state index in [1.54, 1.807) is 55.6 Å². The predicted octanol–water partition coefficient (Wildman–Crippen LogP) is 2.04. The zero-order chi connectivity index (χ0) is 25.4. The number of nitrogens with zero attached hydrogens (tertiary/aromatic N) is 11. The molecule has 0 aliphatic carbocycles. The third-order valence-electron chi connectivity index (χ3n) is 6.28. The van der Waals surface area contributed by atoms with Crippen LogP contribution in [-0.2, 0) is 15.8 Å². The number of H-pyrrole nitrogens is 1. The number of hydroxylamine groups is 1. The van der Waals surface area contributed by atoms with Crippen molar-refractivity contribution in [1.82, 2.24) is 54.8 Å². The van der Waals surface area contributed by atoms with Crippen LogP contribution >= 0.6 is 11.3 Å². The highest BCUT2D eigenvalue weighted by molar-refractivity contribution is 7.09. The molecule has 186 valence electrons. The van der Waals surface area contributed by atoms with Crippen LogP contribution in [0.25, 0.3) is 0 Å². The number of anilines is 1. The molecule has 1 aliphatic heterocycles. The first-order valence-corrected chi connectivity index (χ1v) is 12.2. The van der Waals surface area contributed by atoms with Gasteiger partial charge in [-0.1, -0.05) is 0 Å². The molecule has 0 saturated carbocycles. The molecule has 6 aromatic heterocycles. The summed E-state index contributed by atoms with van der Waals surface area (Å²) in [6, 6.07) is 1.73. The number of oxazole rings is 1. The van der Waals surface area contributed by atoms with Crippen molar-refractivity contribution in [2.24, 2.45) is 0 Å². The van der Waals surface area contributed by atoms with Gasteiger partial charge in [-0.3, -0.25) is 14.8 Å². The van der Waals surface area contributed by atoms with Crippen LogP contribution in [0.4, 0.5) is 5.95 Å². The van der Waals surface area contributed by atoms with Crippen LogP contribution in [0.1, 0.15) is 34.3 Å². The van der Waals surface area contributed by atoms with E-state index < -0.39 is 17.1 Å². The van der Waals surface area contributed by atoms with Crippen molar-refractivity contribution in [2.45, 2.75) is 17.1 Å². The Balaban J connectivity index is 1.71. The van der Waals surface area contributed by atoms with E-state index in [-0.39, 0.29) is 11.8 Å². The second-order valence-electron chi connectivity index (χ2n) is 8.04. The summed E-state index contributed by atoms with van der Waals surface area (Å²) < 4.78 is 5.86. The SMILES string of the molecule is c1cnc(C2(c3ncc[nH]3)C(c3ncco3)ON(c3ncncn3)C2(c2cnccn2)c2nccs2)nc1. The van der Waals surface area contributed by atoms with Gasteiger partial charge in [0.2, 0.25) is 5.89 Å². The third kappa shape index (κ3) is 2.96. The summed E-state index contributed by atoms with van der Waals surface area (Å²) in [5.41, 5.74) is -2.44. The maximum absolute atomic E-state index is 6.76. The minimum Gasteiger partial charge on any atom is -0.446 e. The Morgan fingerprint density at radius 2 is 1.74 bits per heavy atom. The van der Waals surface area contributed by atoms with Crippen molar-refractivity contribution in [1.29, 1.82) is 0 Å². The van der Waals surface area contributed by atoms with Gasteiger partial charge in [0, 0.05) is 48.8 Å². The van der Waals surface area contributed by atoms with Crippen LogP contribution in [0.5, 0.6) is 0 Å². The second kappa shape index (κ2) is 8.82. The van der Waals surface area contributed by atoms with Gasteiger partial charge >= 0.3 is 0 Å². The zero-order valence-electron chi connectivity index (χ0n) is 19.3. The lowest BCUT2D eigenvalue weighted by Crippen LogP contribution is -2.58. The largest absolute Gasteiger partial charge is 0.446 e. The molecule has 14 nitrogen and oxygen atoms in total. The molecule has 1 aliphatic rings. The molecule has 3 atom stereocenters. The lowest BCUT2D eigenvalue weighted by atomic mass is 9.63. The van der Waals surface area contributed by atoms with Crippen molar-refractivity contribution in [2.75, 3.05) is 5.06 Å². The summed E-state index contributed by atoms with van der Waals surface area (Å²) in [5, 5.41) is 3.96. The second-order valence-corrected chi connectivity index (χ2v) is 8.94. The molecule has 0 amide bonds. The molecule has 3 unspecified atom stereocenters. The van der Waals surface area contributed by atoms with Crippen LogP contribution in [0.3, 0.4) is 0 Å². The molecular weight excluding hydrogens is 508 g/mol. The molecule has 1 N–H and O–H groups in total. The van der Waals surface area contributed by atoms with Crippen LogP contribution < -0.4 is 5.06 Å². The maximum Gasteiger partial charge on any atom is 0.254 e. The number of hydrogen-bond acceptors (Lipinski definition) is 14. The minimum atomic E-state index is -1.46. The van der Waals surface area contributed by atoms with Crippen molar-refractivity contribution < 1.29 is 9.25 Å². The first-order valence-electron chi connectivity index (χ1n) is 11.3. The number of nitrogens with one attached hydrogen (secondary N) is 1. The van der Waals surface area contributed by atoms with Gasteiger partial charge in [0.15, 0.2) is 17.1 Å². The monoisotopic (exact) mass is 524 g/mol. The zero-order valence-corrected chi connectivity index (χ0v) is 20.1. The molecule has 15 heteroatoms. The minimum absolute atomic E-state index is 0.182. The van der Waals surface area contributed by atoms with Crippen LogP contribution in [-0.4, -0.2) is 54.8 Å². The molecule has 0 radical (unpaired) electrons. The normalized spacial score (nSPS) is 23.1. The van der Waals surface area contributed by atoms with Gasteiger partial charge in [0.25, 0.3) is 5.95 Å². The number of rotatable bonds is 6. The predicted molar refractivity (Wildman–Crippen MR) is 129 cm³/mol. The number of thiazole rings is 1. The third-order valence-corrected chi connectivity index (χ3v) is 7.16. The first kappa shape index (κ1) is 22.2. The molecular formula is C23H16N12O2S. The summed E-state index contributed by atoms with van der Waals surface area (Å²) in [4.78, 5) is 55.5. The summed E-state index contributed by atoms with van der Waals surface area (Å²) in [5.74, 6) is 1.22. The highest BCUT2D eigenvalue weighted by Crippen LogP contribution is 2.64. The van der Waals surface area contributed by atoms with E-state index in [4.69, 9.17) is 34.2 Å². The Hall–Kier alpha value is -5.02. The number of hydrogen-bond donors (Lipinski definition) is 1. The van der Waals surface area contributed by atoms with Crippen molar-refractivity contribution >= 4 is 17.3 Å². The molecule has 0 aromatic carbocycles. The van der Waals surface area contributed by atoms with E-state index in [9.17, 15) is 0 Å². The first-order chi connectivity index (χ1) is 18.9. The summed E-state index contributed by atoms with van der Waals surface area (Å²) in [7, 11) is 0. The maximum atomic E-state index is 6.76. The van der Waals surface area contributed by atoms with Gasteiger partial charge in [-0.15, -0.1) is 11.3 Å². The van der Waals surface area contributed by atoms with Gasteiger partial charge < -0.3 is 9.40 Å². The van der Waals surface area contributed by atoms with Crippen LogP contribution in [0, 0.1) is 0 Å². The Labute approximate surface area is 217 Å². The highest BCUT2D eigenvalue weighted by Gasteiger charge is 2.76. The Bertz CT molecular complexity index is 1610. The molecule has 7 heterocycles. The Morgan fingerprint density at radius 3 is 2.42 bits per heavy atom.